The van der Waals surface area contributed by atoms with Gasteiger partial charge in [-0.3, -0.25) is 4.79 Å². The predicted octanol–water partition coefficient (Wildman–Crippen LogP) is 4.26. The van der Waals surface area contributed by atoms with E-state index in [1.165, 1.54) is 12.1 Å². The summed E-state index contributed by atoms with van der Waals surface area (Å²) in [6, 6.07) is 21.4. The topological polar surface area (TPSA) is 81.7 Å². The van der Waals surface area contributed by atoms with E-state index < -0.39 is 9.84 Å². The first-order valence-corrected chi connectivity index (χ1v) is 11.9. The van der Waals surface area contributed by atoms with E-state index >= 15 is 0 Å². The fourth-order valence-electron chi connectivity index (χ4n) is 3.50. The van der Waals surface area contributed by atoms with Gasteiger partial charge in [0.25, 0.3) is 0 Å². The van der Waals surface area contributed by atoms with Crippen molar-refractivity contribution in [3.63, 3.8) is 0 Å². The number of fused-ring (bicyclic) bond motifs is 2. The summed E-state index contributed by atoms with van der Waals surface area (Å²) >= 11 is 0. The molecule has 0 aromatic heterocycles. The van der Waals surface area contributed by atoms with Gasteiger partial charge in [0.2, 0.25) is 5.91 Å². The van der Waals surface area contributed by atoms with Gasteiger partial charge in [-0.2, -0.15) is 0 Å². The summed E-state index contributed by atoms with van der Waals surface area (Å²) < 4.78 is 34.6. The number of rotatable bonds is 7. The van der Waals surface area contributed by atoms with Crippen molar-refractivity contribution in [2.75, 3.05) is 12.9 Å². The Morgan fingerprint density at radius 1 is 0.935 bits per heavy atom. The fraction of sp³-hybridized carbons (Fsp3) is 0.208. The molecule has 0 bridgehead atoms. The maximum atomic E-state index is 12.6. The summed E-state index contributed by atoms with van der Waals surface area (Å²) in [7, 11) is -3.23. The van der Waals surface area contributed by atoms with Gasteiger partial charge in [0.1, 0.15) is 17.2 Å². The summed E-state index contributed by atoms with van der Waals surface area (Å²) in [4.78, 5) is 12.9. The Morgan fingerprint density at radius 2 is 1.52 bits per heavy atom. The van der Waals surface area contributed by atoms with Crippen LogP contribution in [0.25, 0.3) is 0 Å². The molecule has 1 amide bonds. The average Bonchev–Trinajstić information content (AvgIpc) is 2.76. The van der Waals surface area contributed by atoms with E-state index in [-0.39, 0.29) is 16.8 Å². The number of sulfone groups is 1. The normalized spacial score (nSPS) is 12.9. The van der Waals surface area contributed by atoms with E-state index in [9.17, 15) is 13.2 Å². The van der Waals surface area contributed by atoms with Gasteiger partial charge < -0.3 is 14.8 Å². The molecule has 6 nitrogen and oxygen atoms in total. The summed E-state index contributed by atoms with van der Waals surface area (Å²) in [5.41, 5.74) is 1.86. The monoisotopic (exact) mass is 437 g/mol. The lowest BCUT2D eigenvalue weighted by molar-refractivity contribution is -0.121. The van der Waals surface area contributed by atoms with E-state index in [0.29, 0.717) is 25.2 Å². The van der Waals surface area contributed by atoms with Gasteiger partial charge in [-0.1, -0.05) is 36.4 Å². The molecule has 0 saturated heterocycles. The number of amides is 1. The first-order chi connectivity index (χ1) is 14.9. The van der Waals surface area contributed by atoms with Gasteiger partial charge in [-0.05, 0) is 42.8 Å². The van der Waals surface area contributed by atoms with Crippen molar-refractivity contribution in [2.24, 2.45) is 0 Å². The standard InChI is InChI=1S/C24H23NO5S/c1-31(27,28)18-14-12-17(13-15-18)29-16-6-11-23(26)25-24-19-7-2-4-9-21(19)30-22-10-5-3-8-20(22)24/h2-5,7-10,12-15,24H,6,11,16H2,1H3,(H,25,26). The van der Waals surface area contributed by atoms with E-state index in [1.54, 1.807) is 12.1 Å². The lowest BCUT2D eigenvalue weighted by atomic mass is 9.94. The highest BCUT2D eigenvalue weighted by Gasteiger charge is 2.27. The van der Waals surface area contributed by atoms with Crippen LogP contribution in [0.1, 0.15) is 30.0 Å². The smallest absolute Gasteiger partial charge is 0.220 e. The van der Waals surface area contributed by atoms with Crippen LogP contribution >= 0.6 is 0 Å². The third-order valence-corrected chi connectivity index (χ3v) is 6.18. The molecule has 3 aromatic rings. The minimum absolute atomic E-state index is 0.0764. The molecular weight excluding hydrogens is 414 g/mol. The molecule has 7 heteroatoms. The lowest BCUT2D eigenvalue weighted by Crippen LogP contribution is -2.31. The second-order valence-corrected chi connectivity index (χ2v) is 9.39. The molecule has 1 aliphatic rings. The van der Waals surface area contributed by atoms with Crippen LogP contribution in [-0.4, -0.2) is 27.2 Å². The minimum Gasteiger partial charge on any atom is -0.494 e. The Labute approximate surface area is 181 Å². The van der Waals surface area contributed by atoms with E-state index in [2.05, 4.69) is 5.32 Å². The Hall–Kier alpha value is -3.32. The van der Waals surface area contributed by atoms with Crippen molar-refractivity contribution in [3.05, 3.63) is 83.9 Å². The Kier molecular flexibility index (Phi) is 5.95. The summed E-state index contributed by atoms with van der Waals surface area (Å²) in [5.74, 6) is 1.98. The van der Waals surface area contributed by atoms with Gasteiger partial charge in [0.05, 0.1) is 17.5 Å². The predicted molar refractivity (Wildman–Crippen MR) is 117 cm³/mol. The van der Waals surface area contributed by atoms with Crippen LogP contribution in [0.3, 0.4) is 0 Å². The quantitative estimate of drug-likeness (QED) is 0.559. The SMILES string of the molecule is CS(=O)(=O)c1ccc(OCCCC(=O)NC2c3ccccc3Oc3ccccc32)cc1. The molecule has 1 heterocycles. The zero-order valence-electron chi connectivity index (χ0n) is 17.1. The van der Waals surface area contributed by atoms with Crippen molar-refractivity contribution in [1.82, 2.24) is 5.32 Å². The highest BCUT2D eigenvalue weighted by molar-refractivity contribution is 7.90. The number of hydrogen-bond donors (Lipinski definition) is 1. The van der Waals surface area contributed by atoms with Crippen molar-refractivity contribution < 1.29 is 22.7 Å². The van der Waals surface area contributed by atoms with Gasteiger partial charge in [-0.15, -0.1) is 0 Å². The van der Waals surface area contributed by atoms with Crippen LogP contribution in [0.2, 0.25) is 0 Å². The number of benzene rings is 3. The molecule has 3 aromatic carbocycles. The van der Waals surface area contributed by atoms with Crippen LogP contribution in [0.4, 0.5) is 0 Å². The lowest BCUT2D eigenvalue weighted by Gasteiger charge is -2.28. The van der Waals surface area contributed by atoms with Crippen LogP contribution < -0.4 is 14.8 Å². The largest absolute Gasteiger partial charge is 0.494 e. The molecular formula is C24H23NO5S. The number of ether oxygens (including phenoxy) is 2. The third kappa shape index (κ3) is 4.88. The van der Waals surface area contributed by atoms with Crippen LogP contribution in [0, 0.1) is 0 Å². The minimum atomic E-state index is -3.23. The summed E-state index contributed by atoms with van der Waals surface area (Å²) in [6.07, 6.45) is 2.01. The number of para-hydroxylation sites is 2. The molecule has 0 radical (unpaired) electrons. The maximum Gasteiger partial charge on any atom is 0.220 e. The van der Waals surface area contributed by atoms with Gasteiger partial charge >= 0.3 is 0 Å². The highest BCUT2D eigenvalue weighted by atomic mass is 32.2. The van der Waals surface area contributed by atoms with E-state index in [4.69, 9.17) is 9.47 Å². The molecule has 0 fully saturated rings. The molecule has 160 valence electrons. The molecule has 1 N–H and O–H groups in total. The fourth-order valence-corrected chi connectivity index (χ4v) is 4.13. The molecule has 4 rings (SSSR count). The summed E-state index contributed by atoms with van der Waals surface area (Å²) in [6.45, 7) is 0.354. The second kappa shape index (κ2) is 8.81. The highest BCUT2D eigenvalue weighted by Crippen LogP contribution is 2.42. The molecule has 0 atom stereocenters. The van der Waals surface area contributed by atoms with E-state index in [0.717, 1.165) is 28.9 Å². The zero-order valence-corrected chi connectivity index (χ0v) is 17.9. The number of carbonyl (C=O) groups is 1. The number of carbonyl (C=O) groups excluding carboxylic acids is 1. The molecule has 31 heavy (non-hydrogen) atoms. The van der Waals surface area contributed by atoms with Crippen molar-refractivity contribution in [3.8, 4) is 17.2 Å². The van der Waals surface area contributed by atoms with E-state index in [1.807, 2.05) is 48.5 Å². The van der Waals surface area contributed by atoms with Crippen molar-refractivity contribution in [1.29, 1.82) is 0 Å². The number of nitrogens with one attached hydrogen (secondary N) is 1. The van der Waals surface area contributed by atoms with Crippen molar-refractivity contribution >= 4 is 15.7 Å². The van der Waals surface area contributed by atoms with Gasteiger partial charge in [0.15, 0.2) is 9.84 Å². The zero-order chi connectivity index (χ0) is 21.8. The van der Waals surface area contributed by atoms with Gasteiger partial charge in [0, 0.05) is 23.8 Å². The molecule has 0 unspecified atom stereocenters. The summed E-state index contributed by atoms with van der Waals surface area (Å²) in [5, 5.41) is 3.11. The second-order valence-electron chi connectivity index (χ2n) is 7.37. The Bertz CT molecular complexity index is 1140. The first kappa shape index (κ1) is 20.9. The molecule has 0 saturated carbocycles. The number of hydrogen-bond acceptors (Lipinski definition) is 5. The molecule has 1 aliphatic heterocycles. The first-order valence-electron chi connectivity index (χ1n) is 10.00. The average molecular weight is 438 g/mol. The van der Waals surface area contributed by atoms with Crippen LogP contribution in [-0.2, 0) is 14.6 Å². The molecule has 0 aliphatic carbocycles. The van der Waals surface area contributed by atoms with Crippen LogP contribution in [0.5, 0.6) is 17.2 Å². The molecule has 0 spiro atoms. The Balaban J connectivity index is 1.34. The maximum absolute atomic E-state index is 12.6. The van der Waals surface area contributed by atoms with Gasteiger partial charge in [-0.25, -0.2) is 8.42 Å². The Morgan fingerprint density at radius 3 is 2.10 bits per heavy atom. The van der Waals surface area contributed by atoms with Crippen LogP contribution in [0.15, 0.2) is 77.7 Å². The van der Waals surface area contributed by atoms with Crippen molar-refractivity contribution in [2.45, 2.75) is 23.8 Å². The third-order valence-electron chi connectivity index (χ3n) is 5.05.